The van der Waals surface area contributed by atoms with Crippen LogP contribution in [0, 0.1) is 6.92 Å². The lowest BCUT2D eigenvalue weighted by molar-refractivity contribution is -0.126. The lowest BCUT2D eigenvalue weighted by Crippen LogP contribution is -2.45. The van der Waals surface area contributed by atoms with Crippen molar-refractivity contribution in [2.45, 2.75) is 19.4 Å². The zero-order chi connectivity index (χ0) is 26.2. The third-order valence-electron chi connectivity index (χ3n) is 5.51. The smallest absolute Gasteiger partial charge is 0.270 e. The molecule has 0 saturated heterocycles. The van der Waals surface area contributed by atoms with Gasteiger partial charge in [-0.05, 0) is 48.1 Å². The van der Waals surface area contributed by atoms with Gasteiger partial charge in [0.1, 0.15) is 16.7 Å². The van der Waals surface area contributed by atoms with Crippen molar-refractivity contribution < 1.29 is 24.2 Å². The van der Waals surface area contributed by atoms with Crippen molar-refractivity contribution >= 4 is 34.9 Å². The predicted octanol–water partition coefficient (Wildman–Crippen LogP) is 2.03. The number of aromatic nitrogens is 1. The second-order valence-electron chi connectivity index (χ2n) is 8.15. The number of hydrogen-bond donors (Lipinski definition) is 4. The Morgan fingerprint density at radius 2 is 1.92 bits per heavy atom. The Morgan fingerprint density at radius 1 is 1.19 bits per heavy atom. The molecule has 0 saturated carbocycles. The molecular formula is C25H29N5O5S. The molecule has 3 amide bonds. The predicted molar refractivity (Wildman–Crippen MR) is 137 cm³/mol. The minimum absolute atomic E-state index is 0.0153. The Morgan fingerprint density at radius 3 is 2.53 bits per heavy atom. The van der Waals surface area contributed by atoms with Crippen molar-refractivity contribution in [1.82, 2.24) is 14.6 Å². The van der Waals surface area contributed by atoms with Gasteiger partial charge in [-0.2, -0.15) is 4.37 Å². The van der Waals surface area contributed by atoms with Crippen LogP contribution < -0.4 is 16.8 Å². The fourth-order valence-corrected chi connectivity index (χ4v) is 4.49. The summed E-state index contributed by atoms with van der Waals surface area (Å²) in [6, 6.07) is 12.8. The maximum Gasteiger partial charge on any atom is 0.270 e. The summed E-state index contributed by atoms with van der Waals surface area (Å²) in [5, 5.41) is 12.6. The van der Waals surface area contributed by atoms with Crippen molar-refractivity contribution in [3.63, 3.8) is 0 Å². The number of amides is 3. The second-order valence-corrected chi connectivity index (χ2v) is 8.93. The topological polar surface area (TPSA) is 161 Å². The van der Waals surface area contributed by atoms with Gasteiger partial charge in [0.2, 0.25) is 5.91 Å². The average Bonchev–Trinajstić information content (AvgIpc) is 3.24. The number of nitrogens with one attached hydrogen (secondary N) is 1. The molecule has 1 atom stereocenters. The van der Waals surface area contributed by atoms with Gasteiger partial charge in [-0.15, -0.1) is 0 Å². The van der Waals surface area contributed by atoms with Gasteiger partial charge in [0.05, 0.1) is 12.3 Å². The van der Waals surface area contributed by atoms with Crippen LogP contribution in [0.25, 0.3) is 0 Å². The molecule has 0 radical (unpaired) electrons. The summed E-state index contributed by atoms with van der Waals surface area (Å²) >= 11 is 0.755. The molecular weight excluding hydrogens is 482 g/mol. The van der Waals surface area contributed by atoms with Crippen molar-refractivity contribution in [3.8, 4) is 5.75 Å². The Labute approximate surface area is 213 Å². The summed E-state index contributed by atoms with van der Waals surface area (Å²) in [7, 11) is 1.52. The molecule has 10 nitrogen and oxygen atoms in total. The molecule has 0 bridgehead atoms. The van der Waals surface area contributed by atoms with E-state index in [1.165, 1.54) is 24.1 Å². The van der Waals surface area contributed by atoms with E-state index < -0.39 is 23.8 Å². The van der Waals surface area contributed by atoms with E-state index in [2.05, 4.69) is 9.69 Å². The van der Waals surface area contributed by atoms with E-state index in [1.54, 1.807) is 12.1 Å². The fourth-order valence-electron chi connectivity index (χ4n) is 3.73. The van der Waals surface area contributed by atoms with Crippen LogP contribution in [0.1, 0.15) is 42.9 Å². The van der Waals surface area contributed by atoms with Crippen LogP contribution in [0.2, 0.25) is 0 Å². The first kappa shape index (κ1) is 26.6. The van der Waals surface area contributed by atoms with Gasteiger partial charge < -0.3 is 31.5 Å². The summed E-state index contributed by atoms with van der Waals surface area (Å²) in [5.74, 6) is -1.83. The number of carbonyl (C=O) groups is 3. The summed E-state index contributed by atoms with van der Waals surface area (Å²) < 4.78 is 8.98. The SMILES string of the molecule is COCCNC(=O)[C@@H](c1ccc(O)cc1)N(CCc1cccc(C)c1)C(=O)c1snc(C(N)=O)c1N. The standard InChI is InChI=1S/C25H29N5O5S/c1-15-4-3-5-16(14-15)10-12-30(25(34)22-19(26)20(23(27)32)29-36-22)21(24(33)28-11-13-35-2)17-6-8-18(31)9-7-17/h3-9,14,21,31H,10-13,26H2,1-2H3,(H2,27,32)(H,28,33)/t21-/m1/s1. The maximum atomic E-state index is 13.8. The summed E-state index contributed by atoms with van der Waals surface area (Å²) in [6.45, 7) is 2.65. The quantitative estimate of drug-likeness (QED) is 0.286. The van der Waals surface area contributed by atoms with E-state index in [9.17, 15) is 19.5 Å². The van der Waals surface area contributed by atoms with Gasteiger partial charge in [0, 0.05) is 20.2 Å². The Kier molecular flexibility index (Phi) is 8.98. The van der Waals surface area contributed by atoms with Crippen LogP contribution in [0.5, 0.6) is 5.75 Å². The molecule has 0 fully saturated rings. The minimum Gasteiger partial charge on any atom is -0.508 e. The summed E-state index contributed by atoms with van der Waals surface area (Å²) in [5.41, 5.74) is 13.6. The number of benzene rings is 2. The van der Waals surface area contributed by atoms with Gasteiger partial charge in [0.15, 0.2) is 5.69 Å². The zero-order valence-electron chi connectivity index (χ0n) is 20.1. The van der Waals surface area contributed by atoms with Crippen LogP contribution in [-0.2, 0) is 16.0 Å². The molecule has 1 heterocycles. The molecule has 0 unspecified atom stereocenters. The number of methoxy groups -OCH3 is 1. The third kappa shape index (κ3) is 6.37. The third-order valence-corrected chi connectivity index (χ3v) is 6.37. The number of nitrogen functional groups attached to an aromatic ring is 1. The highest BCUT2D eigenvalue weighted by atomic mass is 32.1. The fraction of sp³-hybridized carbons (Fsp3) is 0.280. The van der Waals surface area contributed by atoms with Crippen molar-refractivity contribution in [2.24, 2.45) is 5.73 Å². The Balaban J connectivity index is 2.05. The van der Waals surface area contributed by atoms with Crippen molar-refractivity contribution in [1.29, 1.82) is 0 Å². The number of phenolic OH excluding ortho intramolecular Hbond substituents is 1. The number of aromatic hydroxyl groups is 1. The first-order valence-corrected chi connectivity index (χ1v) is 12.0. The Hall–Kier alpha value is -3.96. The number of carbonyl (C=O) groups excluding carboxylic acids is 3. The summed E-state index contributed by atoms with van der Waals surface area (Å²) in [4.78, 5) is 40.3. The number of hydrogen-bond acceptors (Lipinski definition) is 8. The van der Waals surface area contributed by atoms with Crippen LogP contribution in [0.3, 0.4) is 0 Å². The highest BCUT2D eigenvalue weighted by Gasteiger charge is 2.34. The molecule has 0 aliphatic heterocycles. The molecule has 190 valence electrons. The molecule has 11 heteroatoms. The molecule has 6 N–H and O–H groups in total. The number of aryl methyl sites for hydroxylation is 1. The number of primary amides is 1. The normalized spacial score (nSPS) is 11.6. The highest BCUT2D eigenvalue weighted by Crippen LogP contribution is 2.30. The monoisotopic (exact) mass is 511 g/mol. The number of rotatable bonds is 11. The van der Waals surface area contributed by atoms with E-state index in [0.29, 0.717) is 12.0 Å². The van der Waals surface area contributed by atoms with E-state index in [1.807, 2.05) is 31.2 Å². The van der Waals surface area contributed by atoms with Gasteiger partial charge >= 0.3 is 0 Å². The van der Waals surface area contributed by atoms with E-state index in [-0.39, 0.29) is 41.7 Å². The second kappa shape index (κ2) is 12.1. The van der Waals surface area contributed by atoms with E-state index >= 15 is 0 Å². The molecule has 0 spiro atoms. The van der Waals surface area contributed by atoms with Crippen molar-refractivity contribution in [2.75, 3.05) is 32.5 Å². The van der Waals surface area contributed by atoms with Crippen LogP contribution in [0.4, 0.5) is 5.69 Å². The summed E-state index contributed by atoms with van der Waals surface area (Å²) in [6.07, 6.45) is 0.453. The molecule has 2 aromatic carbocycles. The Bertz CT molecular complexity index is 1230. The molecule has 3 aromatic rings. The van der Waals surface area contributed by atoms with Crippen molar-refractivity contribution in [3.05, 3.63) is 75.8 Å². The number of ether oxygens (including phenoxy) is 1. The molecule has 1 aromatic heterocycles. The molecule has 3 rings (SSSR count). The van der Waals surface area contributed by atoms with E-state index in [0.717, 1.165) is 22.7 Å². The lowest BCUT2D eigenvalue weighted by atomic mass is 10.0. The van der Waals surface area contributed by atoms with Gasteiger partial charge in [-0.25, -0.2) is 0 Å². The van der Waals surface area contributed by atoms with Crippen LogP contribution in [0.15, 0.2) is 48.5 Å². The van der Waals surface area contributed by atoms with Gasteiger partial charge in [-0.3, -0.25) is 14.4 Å². The van der Waals surface area contributed by atoms with Crippen LogP contribution >= 0.6 is 11.5 Å². The average molecular weight is 512 g/mol. The zero-order valence-corrected chi connectivity index (χ0v) is 20.9. The number of nitrogens with two attached hydrogens (primary N) is 2. The van der Waals surface area contributed by atoms with Crippen LogP contribution in [-0.4, -0.2) is 58.9 Å². The number of anilines is 1. The molecule has 0 aliphatic carbocycles. The maximum absolute atomic E-state index is 13.8. The lowest BCUT2D eigenvalue weighted by Gasteiger charge is -2.31. The first-order valence-electron chi connectivity index (χ1n) is 11.2. The van der Waals surface area contributed by atoms with Gasteiger partial charge in [-0.1, -0.05) is 42.0 Å². The minimum atomic E-state index is -1.06. The largest absolute Gasteiger partial charge is 0.508 e. The highest BCUT2D eigenvalue weighted by molar-refractivity contribution is 7.09. The number of nitrogens with zero attached hydrogens (tertiary/aromatic N) is 2. The first-order chi connectivity index (χ1) is 17.2. The van der Waals surface area contributed by atoms with Gasteiger partial charge in [0.25, 0.3) is 11.8 Å². The molecule has 0 aliphatic rings. The van der Waals surface area contributed by atoms with E-state index in [4.69, 9.17) is 16.2 Å². The molecule has 36 heavy (non-hydrogen) atoms. The number of phenols is 1.